The molecule has 6 nitrogen and oxygen atoms in total. The number of carbonyl (C=O) groups excluding carboxylic acids is 2. The van der Waals surface area contributed by atoms with Crippen LogP contribution in [0.4, 0.5) is 5.69 Å². The van der Waals surface area contributed by atoms with Gasteiger partial charge < -0.3 is 9.47 Å². The summed E-state index contributed by atoms with van der Waals surface area (Å²) in [6.07, 6.45) is 2.44. The summed E-state index contributed by atoms with van der Waals surface area (Å²) in [7, 11) is 0. The van der Waals surface area contributed by atoms with Gasteiger partial charge in [-0.2, -0.15) is 0 Å². The maximum Gasteiger partial charge on any atom is 0.282 e. The third-order valence-corrected chi connectivity index (χ3v) is 5.03. The maximum atomic E-state index is 12.8. The number of benzene rings is 2. The Morgan fingerprint density at radius 1 is 1.17 bits per heavy atom. The van der Waals surface area contributed by atoms with Gasteiger partial charge in [0.15, 0.2) is 11.5 Å². The van der Waals surface area contributed by atoms with Gasteiger partial charge in [-0.15, -0.1) is 0 Å². The molecule has 1 aliphatic heterocycles. The van der Waals surface area contributed by atoms with Crippen LogP contribution in [0, 0.1) is 0 Å². The minimum Gasteiger partial charge on any atom is -0.490 e. The van der Waals surface area contributed by atoms with Crippen molar-refractivity contribution in [3.05, 3.63) is 58.1 Å². The fraction of sp³-hybridized carbons (Fsp3) is 0.273. The number of rotatable bonds is 7. The first-order chi connectivity index (χ1) is 13.9. The number of nitrogens with one attached hydrogen (secondary N) is 1. The molecule has 152 valence electrons. The monoisotopic (exact) mass is 458 g/mol. The van der Waals surface area contributed by atoms with E-state index < -0.39 is 11.8 Å². The van der Waals surface area contributed by atoms with E-state index >= 15 is 0 Å². The second-order valence-electron chi connectivity index (χ2n) is 6.57. The highest BCUT2D eigenvalue weighted by atomic mass is 79.9. The number of carbonyl (C=O) groups is 2. The van der Waals surface area contributed by atoms with Crippen molar-refractivity contribution in [1.82, 2.24) is 5.43 Å². The van der Waals surface area contributed by atoms with E-state index in [2.05, 4.69) is 21.4 Å². The van der Waals surface area contributed by atoms with Gasteiger partial charge in [0.2, 0.25) is 0 Å². The second kappa shape index (κ2) is 9.13. The molecule has 1 aliphatic rings. The lowest BCUT2D eigenvalue weighted by Gasteiger charge is -2.18. The zero-order valence-electron chi connectivity index (χ0n) is 16.6. The molecule has 0 saturated carbocycles. The normalized spacial score (nSPS) is 16.1. The average Bonchev–Trinajstić information content (AvgIpc) is 2.99. The van der Waals surface area contributed by atoms with Gasteiger partial charge >= 0.3 is 0 Å². The summed E-state index contributed by atoms with van der Waals surface area (Å²) in [5.41, 5.74) is 3.91. The number of ether oxygens (including phenoxy) is 2. The summed E-state index contributed by atoms with van der Waals surface area (Å²) in [5.74, 6) is 0.305. The molecule has 2 aromatic rings. The van der Waals surface area contributed by atoms with Crippen molar-refractivity contribution in [3.8, 4) is 11.5 Å². The lowest BCUT2D eigenvalue weighted by molar-refractivity contribution is -0.117. The number of halogens is 1. The highest BCUT2D eigenvalue weighted by molar-refractivity contribution is 9.10. The van der Waals surface area contributed by atoms with Crippen molar-refractivity contribution < 1.29 is 19.1 Å². The Morgan fingerprint density at radius 2 is 1.90 bits per heavy atom. The Balaban J connectivity index is 1.95. The van der Waals surface area contributed by atoms with E-state index in [0.717, 1.165) is 6.42 Å². The van der Waals surface area contributed by atoms with Crippen LogP contribution in [-0.4, -0.2) is 24.5 Å². The van der Waals surface area contributed by atoms with Crippen molar-refractivity contribution in [2.75, 3.05) is 11.6 Å². The fourth-order valence-electron chi connectivity index (χ4n) is 2.82. The lowest BCUT2D eigenvalue weighted by atomic mass is 10.1. The molecule has 3 rings (SSSR count). The first-order valence-electron chi connectivity index (χ1n) is 9.49. The summed E-state index contributed by atoms with van der Waals surface area (Å²) >= 11 is 3.52. The van der Waals surface area contributed by atoms with Crippen LogP contribution in [0.2, 0.25) is 0 Å². The molecule has 7 heteroatoms. The van der Waals surface area contributed by atoms with Gasteiger partial charge in [0.1, 0.15) is 5.57 Å². The predicted molar refractivity (Wildman–Crippen MR) is 116 cm³/mol. The third kappa shape index (κ3) is 4.62. The number of nitrogens with zero attached hydrogens (tertiary/aromatic N) is 1. The average molecular weight is 459 g/mol. The Morgan fingerprint density at radius 3 is 2.55 bits per heavy atom. The number of hydrogen-bond donors (Lipinski definition) is 1. The molecule has 0 aliphatic carbocycles. The first-order valence-corrected chi connectivity index (χ1v) is 10.3. The van der Waals surface area contributed by atoms with E-state index in [1.807, 2.05) is 26.8 Å². The minimum absolute atomic E-state index is 0.0244. The van der Waals surface area contributed by atoms with Crippen LogP contribution in [0.3, 0.4) is 0 Å². The number of hydrazine groups is 1. The van der Waals surface area contributed by atoms with Crippen molar-refractivity contribution in [3.63, 3.8) is 0 Å². The summed E-state index contributed by atoms with van der Waals surface area (Å²) in [6, 6.07) is 12.5. The van der Waals surface area contributed by atoms with Gasteiger partial charge in [-0.05, 0) is 72.1 Å². The smallest absolute Gasteiger partial charge is 0.282 e. The number of hydrogen-bond acceptors (Lipinski definition) is 4. The summed E-state index contributed by atoms with van der Waals surface area (Å²) in [4.78, 5) is 25.2. The molecule has 1 atom stereocenters. The largest absolute Gasteiger partial charge is 0.490 e. The van der Waals surface area contributed by atoms with Gasteiger partial charge in [0.05, 0.1) is 22.9 Å². The molecule has 1 N–H and O–H groups in total. The van der Waals surface area contributed by atoms with Crippen molar-refractivity contribution in [2.45, 2.75) is 33.3 Å². The fourth-order valence-corrected chi connectivity index (χ4v) is 3.37. The Labute approximate surface area is 178 Å². The van der Waals surface area contributed by atoms with Gasteiger partial charge in [0.25, 0.3) is 11.8 Å². The third-order valence-electron chi connectivity index (χ3n) is 4.44. The van der Waals surface area contributed by atoms with Crippen LogP contribution >= 0.6 is 15.9 Å². The Bertz CT molecular complexity index is 943. The molecular weight excluding hydrogens is 436 g/mol. The molecule has 2 aromatic carbocycles. The molecule has 29 heavy (non-hydrogen) atoms. The highest BCUT2D eigenvalue weighted by Gasteiger charge is 2.34. The summed E-state index contributed by atoms with van der Waals surface area (Å²) in [5, 5.41) is 1.24. The summed E-state index contributed by atoms with van der Waals surface area (Å²) in [6.45, 7) is 6.38. The van der Waals surface area contributed by atoms with Crippen molar-refractivity contribution >= 4 is 39.5 Å². The quantitative estimate of drug-likeness (QED) is 0.490. The van der Waals surface area contributed by atoms with Crippen LogP contribution in [-0.2, 0) is 9.59 Å². The topological polar surface area (TPSA) is 67.9 Å². The van der Waals surface area contributed by atoms with E-state index in [1.165, 1.54) is 5.01 Å². The van der Waals surface area contributed by atoms with Crippen LogP contribution in [0.15, 0.2) is 52.5 Å². The van der Waals surface area contributed by atoms with Gasteiger partial charge in [-0.25, -0.2) is 5.01 Å². The SMILES string of the molecule is CCOc1cc(/C=C2/C(=O)NN(c3ccccc3)C2=O)cc(Br)c1O[C@H](C)CC. The molecule has 0 radical (unpaired) electrons. The molecule has 1 heterocycles. The van der Waals surface area contributed by atoms with E-state index in [-0.39, 0.29) is 11.7 Å². The maximum absolute atomic E-state index is 12.8. The first kappa shape index (κ1) is 20.9. The van der Waals surface area contributed by atoms with Crippen molar-refractivity contribution in [2.24, 2.45) is 0 Å². The number of anilines is 1. The van der Waals surface area contributed by atoms with E-state index in [9.17, 15) is 9.59 Å². The van der Waals surface area contributed by atoms with Crippen molar-refractivity contribution in [1.29, 1.82) is 0 Å². The van der Waals surface area contributed by atoms with Crippen LogP contribution < -0.4 is 19.9 Å². The van der Waals surface area contributed by atoms with Gasteiger partial charge in [-0.1, -0.05) is 25.1 Å². The molecule has 1 saturated heterocycles. The van der Waals surface area contributed by atoms with E-state index in [1.54, 1.807) is 42.5 Å². The number of amides is 2. The predicted octanol–water partition coefficient (Wildman–Crippen LogP) is 4.49. The Hall–Kier alpha value is -2.80. The van der Waals surface area contributed by atoms with Crippen LogP contribution in [0.25, 0.3) is 6.08 Å². The van der Waals surface area contributed by atoms with E-state index in [4.69, 9.17) is 9.47 Å². The zero-order chi connectivity index (χ0) is 21.0. The molecular formula is C22H23BrN2O4. The van der Waals surface area contributed by atoms with E-state index in [0.29, 0.717) is 33.8 Å². The Kier molecular flexibility index (Phi) is 6.59. The zero-order valence-corrected chi connectivity index (χ0v) is 18.2. The summed E-state index contributed by atoms with van der Waals surface area (Å²) < 4.78 is 12.4. The molecule has 0 spiro atoms. The van der Waals surface area contributed by atoms with Crippen LogP contribution in [0.5, 0.6) is 11.5 Å². The molecule has 0 bridgehead atoms. The second-order valence-corrected chi connectivity index (χ2v) is 7.43. The van der Waals surface area contributed by atoms with Gasteiger partial charge in [-0.3, -0.25) is 15.0 Å². The van der Waals surface area contributed by atoms with Crippen LogP contribution in [0.1, 0.15) is 32.8 Å². The molecule has 2 amide bonds. The molecule has 1 fully saturated rings. The minimum atomic E-state index is -0.451. The molecule has 0 unspecified atom stereocenters. The number of para-hydroxylation sites is 1. The molecule has 0 aromatic heterocycles. The highest BCUT2D eigenvalue weighted by Crippen LogP contribution is 2.38. The van der Waals surface area contributed by atoms with Gasteiger partial charge in [0, 0.05) is 0 Å². The lowest BCUT2D eigenvalue weighted by Crippen LogP contribution is -2.35. The standard InChI is InChI=1S/C22H23BrN2O4/c1-4-14(3)29-20-18(23)12-15(13-19(20)28-5-2)11-17-21(26)24-25(22(17)27)16-9-7-6-8-10-16/h6-14H,4-5H2,1-3H3,(H,24,26)/b17-11-/t14-/m1/s1.